The van der Waals surface area contributed by atoms with Crippen LogP contribution in [-0.4, -0.2) is 27.7 Å². The highest BCUT2D eigenvalue weighted by Gasteiger charge is 2.50. The molecule has 0 aliphatic heterocycles. The molecule has 3 saturated carbocycles. The molecule has 3 heteroatoms. The van der Waals surface area contributed by atoms with Gasteiger partial charge in [0.1, 0.15) is 5.78 Å². The van der Waals surface area contributed by atoms with Crippen molar-refractivity contribution >= 4 is 5.78 Å². The summed E-state index contributed by atoms with van der Waals surface area (Å²) in [6.45, 7) is 12.3. The second-order valence-corrected chi connectivity index (χ2v) is 11.2. The third kappa shape index (κ3) is 5.34. The average molecular weight is 415 g/mol. The lowest BCUT2D eigenvalue weighted by Gasteiger charge is -2.44. The summed E-state index contributed by atoms with van der Waals surface area (Å²) < 4.78 is 0. The van der Waals surface area contributed by atoms with Gasteiger partial charge in [-0.15, -0.1) is 0 Å². The van der Waals surface area contributed by atoms with Crippen LogP contribution in [0.25, 0.3) is 0 Å². The molecule has 2 N–H and O–H groups in total. The Kier molecular flexibility index (Phi) is 7.14. The molecule has 0 amide bonds. The molecule has 3 rings (SSSR count). The fourth-order valence-corrected chi connectivity index (χ4v) is 6.67. The van der Waals surface area contributed by atoms with E-state index in [-0.39, 0.29) is 23.7 Å². The van der Waals surface area contributed by atoms with Crippen molar-refractivity contribution in [1.29, 1.82) is 0 Å². The number of fused-ring (bicyclic) bond motifs is 1. The highest BCUT2D eigenvalue weighted by Crippen LogP contribution is 2.59. The van der Waals surface area contributed by atoms with Gasteiger partial charge < -0.3 is 10.2 Å². The van der Waals surface area contributed by atoms with Gasteiger partial charge in [0.15, 0.2) is 0 Å². The molecule has 3 fully saturated rings. The van der Waals surface area contributed by atoms with Crippen molar-refractivity contribution in [2.24, 2.45) is 23.2 Å². The molecule has 0 aromatic rings. The summed E-state index contributed by atoms with van der Waals surface area (Å²) in [5.41, 5.74) is 3.30. The van der Waals surface area contributed by atoms with Crippen molar-refractivity contribution in [1.82, 2.24) is 0 Å². The van der Waals surface area contributed by atoms with Crippen LogP contribution in [0.2, 0.25) is 0 Å². The Bertz CT molecular complexity index is 723. The number of rotatable bonds is 6. The van der Waals surface area contributed by atoms with Gasteiger partial charge in [0.2, 0.25) is 0 Å². The van der Waals surface area contributed by atoms with E-state index in [1.165, 1.54) is 36.8 Å². The molecule has 3 nitrogen and oxygen atoms in total. The second kappa shape index (κ2) is 9.12. The lowest BCUT2D eigenvalue weighted by atomic mass is 9.60. The first-order valence-corrected chi connectivity index (χ1v) is 12.0. The number of aliphatic hydroxyl groups excluding tert-OH is 1. The van der Waals surface area contributed by atoms with Crippen LogP contribution in [0, 0.1) is 23.2 Å². The summed E-state index contributed by atoms with van der Waals surface area (Å²) in [6.07, 6.45) is 13.7. The third-order valence-corrected chi connectivity index (χ3v) is 8.09. The molecular formula is C27H42O3. The van der Waals surface area contributed by atoms with E-state index < -0.39 is 5.60 Å². The van der Waals surface area contributed by atoms with Gasteiger partial charge in [-0.1, -0.05) is 43.7 Å². The Morgan fingerprint density at radius 2 is 2.00 bits per heavy atom. The van der Waals surface area contributed by atoms with E-state index in [1.807, 2.05) is 0 Å². The van der Waals surface area contributed by atoms with Crippen LogP contribution in [0.15, 0.2) is 35.5 Å². The van der Waals surface area contributed by atoms with Gasteiger partial charge in [0.05, 0.1) is 11.7 Å². The van der Waals surface area contributed by atoms with Crippen molar-refractivity contribution in [3.05, 3.63) is 35.5 Å². The lowest BCUT2D eigenvalue weighted by molar-refractivity contribution is -0.124. The van der Waals surface area contributed by atoms with Crippen LogP contribution < -0.4 is 0 Å². The topological polar surface area (TPSA) is 57.5 Å². The number of allylic oxidation sites excluding steroid dienone is 4. The van der Waals surface area contributed by atoms with Gasteiger partial charge in [-0.3, -0.25) is 4.79 Å². The normalized spacial score (nSPS) is 36.2. The van der Waals surface area contributed by atoms with E-state index >= 15 is 0 Å². The molecule has 30 heavy (non-hydrogen) atoms. The molecular weight excluding hydrogens is 372 g/mol. The number of aliphatic hydroxyl groups is 2. The molecule has 5 atom stereocenters. The summed E-state index contributed by atoms with van der Waals surface area (Å²) >= 11 is 0. The van der Waals surface area contributed by atoms with Crippen molar-refractivity contribution in [2.75, 3.05) is 0 Å². The minimum atomic E-state index is -0.913. The van der Waals surface area contributed by atoms with Crippen molar-refractivity contribution < 1.29 is 15.0 Å². The maximum Gasteiger partial charge on any atom is 0.136 e. The molecule has 0 aromatic carbocycles. The average Bonchev–Trinajstić information content (AvgIpc) is 2.98. The molecule has 168 valence electrons. The Labute approximate surface area is 183 Å². The SMILES string of the molecule is C=C1CC[C@H](O)C/C1=C\C=C1/CCC[C@]2(C)[C@@H]([C@H](C)CC(=O)CC(C)(C)O)CC[C@@H]12. The Morgan fingerprint density at radius 1 is 1.27 bits per heavy atom. The molecule has 0 aromatic heterocycles. The molecule has 0 saturated heterocycles. The van der Waals surface area contributed by atoms with Crippen molar-refractivity contribution in [3.63, 3.8) is 0 Å². The first-order valence-electron chi connectivity index (χ1n) is 12.0. The van der Waals surface area contributed by atoms with E-state index in [2.05, 4.69) is 32.6 Å². The van der Waals surface area contributed by atoms with E-state index in [0.717, 1.165) is 25.7 Å². The van der Waals surface area contributed by atoms with Gasteiger partial charge in [0, 0.05) is 12.8 Å². The fraction of sp³-hybridized carbons (Fsp3) is 0.741. The Morgan fingerprint density at radius 3 is 2.70 bits per heavy atom. The zero-order valence-corrected chi connectivity index (χ0v) is 19.5. The lowest BCUT2D eigenvalue weighted by Crippen LogP contribution is -2.36. The first kappa shape index (κ1) is 23.5. The standard InChI is InChI=1S/C27H42O3/c1-18-8-11-22(28)16-21(18)10-9-20-7-6-14-27(5)24(12-13-25(20)27)19(2)15-23(29)17-26(3,4)30/h9-10,19,22,24-25,28,30H,1,6-8,11-17H2,2-5H3/b20-9+,21-10+/t19-,22+,24-,25+,27-/m1/s1. The molecule has 3 aliphatic carbocycles. The van der Waals surface area contributed by atoms with Crippen LogP contribution >= 0.6 is 0 Å². The van der Waals surface area contributed by atoms with Crippen LogP contribution in [0.3, 0.4) is 0 Å². The first-order chi connectivity index (χ1) is 14.0. The fourth-order valence-electron chi connectivity index (χ4n) is 6.67. The highest BCUT2D eigenvalue weighted by molar-refractivity contribution is 5.79. The quantitative estimate of drug-likeness (QED) is 0.568. The summed E-state index contributed by atoms with van der Waals surface area (Å²) in [5.74, 6) is 1.71. The number of ketones is 1. The monoisotopic (exact) mass is 414 g/mol. The molecule has 0 spiro atoms. The highest BCUT2D eigenvalue weighted by atomic mass is 16.3. The predicted octanol–water partition coefficient (Wildman–Crippen LogP) is 5.91. The molecule has 0 radical (unpaired) electrons. The van der Waals surface area contributed by atoms with Crippen LogP contribution in [0.1, 0.15) is 91.9 Å². The second-order valence-electron chi connectivity index (χ2n) is 11.2. The number of Topliss-reactive ketones (excluding diaryl/α,β-unsaturated/α-hetero) is 1. The van der Waals surface area contributed by atoms with Gasteiger partial charge in [-0.05, 0) is 94.0 Å². The van der Waals surface area contributed by atoms with E-state index in [9.17, 15) is 15.0 Å². The number of hydrogen-bond acceptors (Lipinski definition) is 3. The minimum absolute atomic E-state index is 0.188. The number of carbonyl (C=O) groups is 1. The molecule has 0 unspecified atom stereocenters. The maximum atomic E-state index is 12.5. The van der Waals surface area contributed by atoms with Gasteiger partial charge in [-0.2, -0.15) is 0 Å². The zero-order valence-electron chi connectivity index (χ0n) is 19.5. The summed E-state index contributed by atoms with van der Waals surface area (Å²) in [4.78, 5) is 12.5. The predicted molar refractivity (Wildman–Crippen MR) is 123 cm³/mol. The molecule has 0 bridgehead atoms. The van der Waals surface area contributed by atoms with Gasteiger partial charge in [-0.25, -0.2) is 0 Å². The summed E-state index contributed by atoms with van der Waals surface area (Å²) in [7, 11) is 0. The van der Waals surface area contributed by atoms with Gasteiger partial charge >= 0.3 is 0 Å². The maximum absolute atomic E-state index is 12.5. The third-order valence-electron chi connectivity index (χ3n) is 8.09. The van der Waals surface area contributed by atoms with Crippen LogP contribution in [0.5, 0.6) is 0 Å². The zero-order chi connectivity index (χ0) is 22.1. The van der Waals surface area contributed by atoms with Crippen molar-refractivity contribution in [3.8, 4) is 0 Å². The number of hydrogen-bond donors (Lipinski definition) is 2. The van der Waals surface area contributed by atoms with Crippen LogP contribution in [0.4, 0.5) is 0 Å². The smallest absolute Gasteiger partial charge is 0.136 e. The van der Waals surface area contributed by atoms with Crippen molar-refractivity contribution in [2.45, 2.75) is 104 Å². The summed E-state index contributed by atoms with van der Waals surface area (Å²) in [5, 5.41) is 20.0. The Balaban J connectivity index is 1.72. The minimum Gasteiger partial charge on any atom is -0.393 e. The van der Waals surface area contributed by atoms with E-state index in [4.69, 9.17) is 0 Å². The largest absolute Gasteiger partial charge is 0.393 e. The van der Waals surface area contributed by atoms with Crippen LogP contribution in [-0.2, 0) is 4.79 Å². The summed E-state index contributed by atoms with van der Waals surface area (Å²) in [6, 6.07) is 0. The van der Waals surface area contributed by atoms with Gasteiger partial charge in [0.25, 0.3) is 0 Å². The molecule has 3 aliphatic rings. The van der Waals surface area contributed by atoms with E-state index in [0.29, 0.717) is 24.2 Å². The van der Waals surface area contributed by atoms with E-state index in [1.54, 1.807) is 19.4 Å². The molecule has 0 heterocycles. The number of carbonyl (C=O) groups excluding carboxylic acids is 1. The Hall–Kier alpha value is -1.19.